The lowest BCUT2D eigenvalue weighted by Gasteiger charge is -2.30. The smallest absolute Gasteiger partial charge is 0.251 e. The van der Waals surface area contributed by atoms with Gasteiger partial charge in [0.1, 0.15) is 0 Å². The van der Waals surface area contributed by atoms with E-state index in [0.29, 0.717) is 12.1 Å². The minimum absolute atomic E-state index is 0.0221. The number of anilines is 1. The standard InChI is InChI=1S/C22H27N3O4S/c1-3-24(4-2)20(17-9-6-5-7-10-17)16-23-22(27)18-11-8-12-19(15-18)25-21(26)13-14-30(25,28)29/h5-12,15,20H,3-4,13-14,16H2,1-2H3,(H,23,27). The van der Waals surface area contributed by atoms with Crippen molar-refractivity contribution < 1.29 is 18.0 Å². The number of nitrogens with one attached hydrogen (secondary N) is 1. The van der Waals surface area contributed by atoms with E-state index in [9.17, 15) is 18.0 Å². The highest BCUT2D eigenvalue weighted by Gasteiger charge is 2.36. The van der Waals surface area contributed by atoms with Crippen molar-refractivity contribution in [2.24, 2.45) is 0 Å². The maximum Gasteiger partial charge on any atom is 0.251 e. The van der Waals surface area contributed by atoms with Crippen LogP contribution in [0.15, 0.2) is 54.6 Å². The van der Waals surface area contributed by atoms with E-state index in [0.717, 1.165) is 23.0 Å². The molecule has 2 aromatic rings. The fraction of sp³-hybridized carbons (Fsp3) is 0.364. The molecule has 1 N–H and O–H groups in total. The lowest BCUT2D eigenvalue weighted by Crippen LogP contribution is -2.38. The first kappa shape index (κ1) is 22.0. The largest absolute Gasteiger partial charge is 0.350 e. The summed E-state index contributed by atoms with van der Waals surface area (Å²) in [5.41, 5.74) is 1.63. The van der Waals surface area contributed by atoms with Gasteiger partial charge in [0, 0.05) is 18.5 Å². The van der Waals surface area contributed by atoms with Crippen LogP contribution in [0.3, 0.4) is 0 Å². The van der Waals surface area contributed by atoms with E-state index in [1.807, 2.05) is 30.3 Å². The van der Waals surface area contributed by atoms with Gasteiger partial charge in [-0.15, -0.1) is 0 Å². The third-order valence-corrected chi connectivity index (χ3v) is 7.01. The zero-order chi connectivity index (χ0) is 21.7. The van der Waals surface area contributed by atoms with Crippen LogP contribution >= 0.6 is 0 Å². The van der Waals surface area contributed by atoms with Crippen molar-refractivity contribution in [3.8, 4) is 0 Å². The van der Waals surface area contributed by atoms with Crippen LogP contribution < -0.4 is 9.62 Å². The molecular formula is C22H27N3O4S. The number of sulfonamides is 1. The zero-order valence-electron chi connectivity index (χ0n) is 17.2. The Morgan fingerprint density at radius 2 is 1.80 bits per heavy atom. The number of benzene rings is 2. The molecular weight excluding hydrogens is 402 g/mol. The second kappa shape index (κ2) is 9.40. The summed E-state index contributed by atoms with van der Waals surface area (Å²) < 4.78 is 25.1. The molecule has 0 aliphatic carbocycles. The van der Waals surface area contributed by atoms with Gasteiger partial charge in [0.05, 0.1) is 17.5 Å². The van der Waals surface area contributed by atoms with E-state index in [2.05, 4.69) is 24.1 Å². The fourth-order valence-electron chi connectivity index (χ4n) is 3.73. The van der Waals surface area contributed by atoms with Gasteiger partial charge in [0.15, 0.2) is 0 Å². The van der Waals surface area contributed by atoms with E-state index >= 15 is 0 Å². The Kier molecular flexibility index (Phi) is 6.89. The van der Waals surface area contributed by atoms with Gasteiger partial charge < -0.3 is 5.32 Å². The van der Waals surface area contributed by atoms with Crippen LogP contribution in [0.2, 0.25) is 0 Å². The SMILES string of the molecule is CCN(CC)C(CNC(=O)c1cccc(N2C(=O)CCS2(=O)=O)c1)c1ccccc1. The Hall–Kier alpha value is -2.71. The van der Waals surface area contributed by atoms with Crippen LogP contribution in [0, 0.1) is 0 Å². The number of nitrogens with zero attached hydrogens (tertiary/aromatic N) is 2. The molecule has 1 unspecified atom stereocenters. The zero-order valence-corrected chi connectivity index (χ0v) is 18.1. The Morgan fingerprint density at radius 3 is 2.40 bits per heavy atom. The Labute approximate surface area is 177 Å². The number of carbonyl (C=O) groups excluding carboxylic acids is 2. The van der Waals surface area contributed by atoms with Gasteiger partial charge in [-0.2, -0.15) is 0 Å². The number of hydrogen-bond donors (Lipinski definition) is 1. The highest BCUT2D eigenvalue weighted by molar-refractivity contribution is 7.94. The Morgan fingerprint density at radius 1 is 1.10 bits per heavy atom. The van der Waals surface area contributed by atoms with Crippen LogP contribution in [-0.4, -0.2) is 50.5 Å². The summed E-state index contributed by atoms with van der Waals surface area (Å²) in [5.74, 6) is -0.988. The van der Waals surface area contributed by atoms with Crippen molar-refractivity contribution in [3.05, 3.63) is 65.7 Å². The molecule has 7 nitrogen and oxygen atoms in total. The quantitative estimate of drug-likeness (QED) is 0.697. The van der Waals surface area contributed by atoms with E-state index in [-0.39, 0.29) is 29.8 Å². The summed E-state index contributed by atoms with van der Waals surface area (Å²) >= 11 is 0. The minimum atomic E-state index is -3.67. The number of rotatable bonds is 8. The molecule has 30 heavy (non-hydrogen) atoms. The van der Waals surface area contributed by atoms with Gasteiger partial charge in [0.2, 0.25) is 15.9 Å². The van der Waals surface area contributed by atoms with Crippen LogP contribution in [-0.2, 0) is 14.8 Å². The first-order valence-corrected chi connectivity index (χ1v) is 11.7. The summed E-state index contributed by atoms with van der Waals surface area (Å²) in [6.07, 6.45) is -0.0403. The van der Waals surface area contributed by atoms with Crippen molar-refractivity contribution in [1.82, 2.24) is 10.2 Å². The first-order chi connectivity index (χ1) is 14.4. The normalized spacial score (nSPS) is 16.6. The molecule has 8 heteroatoms. The number of amides is 2. The molecule has 1 saturated heterocycles. The summed E-state index contributed by atoms with van der Waals surface area (Å²) in [6.45, 7) is 6.26. The lowest BCUT2D eigenvalue weighted by atomic mass is 10.0. The summed E-state index contributed by atoms with van der Waals surface area (Å²) in [5, 5.41) is 2.96. The van der Waals surface area contributed by atoms with E-state index < -0.39 is 15.9 Å². The molecule has 1 aliphatic heterocycles. The van der Waals surface area contributed by atoms with Crippen LogP contribution in [0.25, 0.3) is 0 Å². The number of carbonyl (C=O) groups is 2. The fourth-order valence-corrected chi connectivity index (χ4v) is 5.18. The van der Waals surface area contributed by atoms with Gasteiger partial charge in [-0.25, -0.2) is 12.7 Å². The van der Waals surface area contributed by atoms with Crippen molar-refractivity contribution in [3.63, 3.8) is 0 Å². The Balaban J connectivity index is 1.78. The Bertz CT molecular complexity index is 1000. The topological polar surface area (TPSA) is 86.8 Å². The summed E-state index contributed by atoms with van der Waals surface area (Å²) in [6, 6.07) is 16.2. The van der Waals surface area contributed by atoms with Crippen LogP contribution in [0.5, 0.6) is 0 Å². The van der Waals surface area contributed by atoms with Gasteiger partial charge >= 0.3 is 0 Å². The molecule has 0 saturated carbocycles. The molecule has 0 bridgehead atoms. The monoisotopic (exact) mass is 429 g/mol. The molecule has 1 atom stereocenters. The predicted octanol–water partition coefficient (Wildman–Crippen LogP) is 2.57. The summed E-state index contributed by atoms with van der Waals surface area (Å²) in [7, 11) is -3.67. The van der Waals surface area contributed by atoms with E-state index in [4.69, 9.17) is 0 Å². The second-order valence-corrected chi connectivity index (χ2v) is 9.07. The highest BCUT2D eigenvalue weighted by Crippen LogP contribution is 2.26. The molecule has 3 rings (SSSR count). The number of likely N-dealkylation sites (N-methyl/N-ethyl adjacent to an activating group) is 1. The van der Waals surface area contributed by atoms with Crippen LogP contribution in [0.4, 0.5) is 5.69 Å². The molecule has 1 fully saturated rings. The third-order valence-electron chi connectivity index (χ3n) is 5.31. The molecule has 1 heterocycles. The van der Waals surface area contributed by atoms with E-state index in [1.165, 1.54) is 12.1 Å². The maximum atomic E-state index is 12.8. The lowest BCUT2D eigenvalue weighted by molar-refractivity contribution is -0.116. The molecule has 0 spiro atoms. The van der Waals surface area contributed by atoms with Crippen LogP contribution in [0.1, 0.15) is 42.2 Å². The average molecular weight is 430 g/mol. The van der Waals surface area contributed by atoms with E-state index in [1.54, 1.807) is 12.1 Å². The predicted molar refractivity (Wildman–Crippen MR) is 117 cm³/mol. The molecule has 0 aromatic heterocycles. The van der Waals surface area contributed by atoms with Gasteiger partial charge in [0.25, 0.3) is 5.91 Å². The van der Waals surface area contributed by atoms with Crippen molar-refractivity contribution in [1.29, 1.82) is 0 Å². The molecule has 160 valence electrons. The minimum Gasteiger partial charge on any atom is -0.350 e. The molecule has 0 radical (unpaired) electrons. The second-order valence-electron chi connectivity index (χ2n) is 7.13. The number of hydrogen-bond acceptors (Lipinski definition) is 5. The molecule has 2 amide bonds. The maximum absolute atomic E-state index is 12.8. The van der Waals surface area contributed by atoms with Gasteiger partial charge in [-0.3, -0.25) is 14.5 Å². The van der Waals surface area contributed by atoms with Crippen molar-refractivity contribution in [2.45, 2.75) is 26.3 Å². The first-order valence-electron chi connectivity index (χ1n) is 10.1. The molecule has 1 aliphatic rings. The highest BCUT2D eigenvalue weighted by atomic mass is 32.2. The molecule has 2 aromatic carbocycles. The summed E-state index contributed by atoms with van der Waals surface area (Å²) in [4.78, 5) is 27.1. The average Bonchev–Trinajstić information content (AvgIpc) is 3.03. The van der Waals surface area contributed by atoms with Gasteiger partial charge in [-0.05, 0) is 36.9 Å². The van der Waals surface area contributed by atoms with Crippen molar-refractivity contribution >= 4 is 27.5 Å². The third kappa shape index (κ3) is 4.71. The van der Waals surface area contributed by atoms with Gasteiger partial charge in [-0.1, -0.05) is 50.2 Å². The van der Waals surface area contributed by atoms with Crippen molar-refractivity contribution in [2.75, 3.05) is 29.7 Å².